The van der Waals surface area contributed by atoms with Gasteiger partial charge in [0.15, 0.2) is 0 Å². The molecule has 4 heteroatoms. The zero-order valence-corrected chi connectivity index (χ0v) is 8.34. The molecule has 0 aromatic carbocycles. The van der Waals surface area contributed by atoms with Crippen molar-refractivity contribution >= 4 is 32.1 Å². The van der Waals surface area contributed by atoms with Crippen LogP contribution in [0, 0.1) is 0 Å². The molecular weight excluding hydrogens is 188 g/mol. The van der Waals surface area contributed by atoms with E-state index in [1.54, 1.807) is 22.7 Å². The van der Waals surface area contributed by atoms with Crippen LogP contribution in [0.4, 0.5) is 0 Å². The highest BCUT2D eigenvalue weighted by Crippen LogP contribution is 2.32. The summed E-state index contributed by atoms with van der Waals surface area (Å²) in [6.45, 7) is 2.06. The molecule has 0 fully saturated rings. The summed E-state index contributed by atoms with van der Waals surface area (Å²) in [5.74, 6) is 5.35. The fourth-order valence-electron chi connectivity index (χ4n) is 1.08. The van der Waals surface area contributed by atoms with Gasteiger partial charge in [-0.1, -0.05) is 0 Å². The Morgan fingerprint density at radius 3 is 3.00 bits per heavy atom. The van der Waals surface area contributed by atoms with Gasteiger partial charge in [-0.3, -0.25) is 11.3 Å². The van der Waals surface area contributed by atoms with E-state index >= 15 is 0 Å². The van der Waals surface area contributed by atoms with Crippen LogP contribution in [0.25, 0.3) is 9.40 Å². The van der Waals surface area contributed by atoms with Crippen LogP contribution in [0.15, 0.2) is 17.5 Å². The third-order valence-electron chi connectivity index (χ3n) is 1.84. The number of fused-ring (bicyclic) bond motifs is 1. The molecule has 1 atom stereocenters. The standard InChI is InChI=1S/C8H10N2S2/c1-5(10-9)7-4-8-6(12-7)2-3-11-8/h2-5,10H,9H2,1H3. The van der Waals surface area contributed by atoms with Gasteiger partial charge in [0.05, 0.1) is 6.04 Å². The summed E-state index contributed by atoms with van der Waals surface area (Å²) in [6, 6.07) is 4.61. The molecule has 64 valence electrons. The summed E-state index contributed by atoms with van der Waals surface area (Å²) in [7, 11) is 0. The molecule has 2 rings (SSSR count). The van der Waals surface area contributed by atoms with Crippen molar-refractivity contribution in [1.82, 2.24) is 5.43 Å². The molecule has 0 spiro atoms. The van der Waals surface area contributed by atoms with E-state index in [2.05, 4.69) is 29.9 Å². The molecule has 1 unspecified atom stereocenters. The summed E-state index contributed by atoms with van der Waals surface area (Å²) in [5, 5.41) is 2.12. The lowest BCUT2D eigenvalue weighted by Crippen LogP contribution is -2.24. The first-order chi connectivity index (χ1) is 5.81. The van der Waals surface area contributed by atoms with Crippen LogP contribution in [0.1, 0.15) is 17.8 Å². The average Bonchev–Trinajstić information content (AvgIpc) is 2.60. The van der Waals surface area contributed by atoms with Crippen molar-refractivity contribution in [3.05, 3.63) is 22.4 Å². The minimum absolute atomic E-state index is 0.259. The van der Waals surface area contributed by atoms with Crippen LogP contribution in [-0.4, -0.2) is 0 Å². The van der Waals surface area contributed by atoms with Crippen molar-refractivity contribution in [2.24, 2.45) is 5.84 Å². The Hall–Kier alpha value is -0.420. The fraction of sp³-hybridized carbons (Fsp3) is 0.250. The maximum atomic E-state index is 5.35. The molecule has 2 aromatic heterocycles. The second-order valence-corrected chi connectivity index (χ2v) is 4.75. The summed E-state index contributed by atoms with van der Waals surface area (Å²) in [6.07, 6.45) is 0. The SMILES string of the molecule is CC(NN)c1cc2sccc2s1. The quantitative estimate of drug-likeness (QED) is 0.574. The van der Waals surface area contributed by atoms with Crippen molar-refractivity contribution in [2.75, 3.05) is 0 Å². The second kappa shape index (κ2) is 3.14. The van der Waals surface area contributed by atoms with Gasteiger partial charge in [0, 0.05) is 14.3 Å². The minimum Gasteiger partial charge on any atom is -0.271 e. The van der Waals surface area contributed by atoms with Crippen LogP contribution in [0.3, 0.4) is 0 Å². The van der Waals surface area contributed by atoms with E-state index in [0.717, 1.165) is 0 Å². The maximum absolute atomic E-state index is 5.35. The zero-order valence-electron chi connectivity index (χ0n) is 6.70. The molecule has 2 nitrogen and oxygen atoms in total. The van der Waals surface area contributed by atoms with Crippen LogP contribution >= 0.6 is 22.7 Å². The molecule has 2 heterocycles. The monoisotopic (exact) mass is 198 g/mol. The topological polar surface area (TPSA) is 38.0 Å². The van der Waals surface area contributed by atoms with Crippen LogP contribution in [0.2, 0.25) is 0 Å². The van der Waals surface area contributed by atoms with Gasteiger partial charge < -0.3 is 0 Å². The lowest BCUT2D eigenvalue weighted by atomic mass is 10.3. The Labute approximate surface area is 79.0 Å². The maximum Gasteiger partial charge on any atom is 0.0525 e. The molecule has 0 bridgehead atoms. The molecule has 0 amide bonds. The first-order valence-electron chi connectivity index (χ1n) is 3.74. The Morgan fingerprint density at radius 2 is 2.33 bits per heavy atom. The fourth-order valence-corrected chi connectivity index (χ4v) is 3.21. The lowest BCUT2D eigenvalue weighted by Gasteiger charge is -2.04. The molecular formula is C8H10N2S2. The highest BCUT2D eigenvalue weighted by atomic mass is 32.1. The van der Waals surface area contributed by atoms with Crippen molar-refractivity contribution < 1.29 is 0 Å². The van der Waals surface area contributed by atoms with Gasteiger partial charge in [-0.05, 0) is 24.4 Å². The van der Waals surface area contributed by atoms with Crippen LogP contribution in [-0.2, 0) is 0 Å². The Kier molecular flexibility index (Phi) is 2.14. The van der Waals surface area contributed by atoms with Crippen molar-refractivity contribution in [1.29, 1.82) is 0 Å². The van der Waals surface area contributed by atoms with Gasteiger partial charge in [-0.25, -0.2) is 0 Å². The van der Waals surface area contributed by atoms with Crippen molar-refractivity contribution in [2.45, 2.75) is 13.0 Å². The highest BCUT2D eigenvalue weighted by molar-refractivity contribution is 7.26. The van der Waals surface area contributed by atoms with Crippen LogP contribution < -0.4 is 11.3 Å². The van der Waals surface area contributed by atoms with Crippen molar-refractivity contribution in [3.63, 3.8) is 0 Å². The Bertz CT molecular complexity index is 348. The van der Waals surface area contributed by atoms with Gasteiger partial charge in [-0.2, -0.15) is 0 Å². The normalized spacial score (nSPS) is 13.8. The second-order valence-electron chi connectivity index (χ2n) is 2.69. The number of hydrogen-bond donors (Lipinski definition) is 2. The number of hydrogen-bond acceptors (Lipinski definition) is 4. The zero-order chi connectivity index (χ0) is 8.55. The number of rotatable bonds is 2. The number of thiophene rings is 2. The van der Waals surface area contributed by atoms with E-state index in [1.807, 2.05) is 0 Å². The van der Waals surface area contributed by atoms with Gasteiger partial charge in [0.1, 0.15) is 0 Å². The number of nitrogens with one attached hydrogen (secondary N) is 1. The predicted octanol–water partition coefficient (Wildman–Crippen LogP) is 2.49. The summed E-state index contributed by atoms with van der Waals surface area (Å²) in [5.41, 5.74) is 2.75. The third kappa shape index (κ3) is 1.27. The summed E-state index contributed by atoms with van der Waals surface area (Å²) < 4.78 is 2.72. The highest BCUT2D eigenvalue weighted by Gasteiger charge is 2.07. The number of nitrogens with two attached hydrogens (primary N) is 1. The van der Waals surface area contributed by atoms with Gasteiger partial charge >= 0.3 is 0 Å². The minimum atomic E-state index is 0.259. The first-order valence-corrected chi connectivity index (χ1v) is 5.44. The Morgan fingerprint density at radius 1 is 1.50 bits per heavy atom. The van der Waals surface area contributed by atoms with E-state index in [4.69, 9.17) is 5.84 Å². The summed E-state index contributed by atoms with van der Waals surface area (Å²) in [4.78, 5) is 1.30. The van der Waals surface area contributed by atoms with Gasteiger partial charge in [0.2, 0.25) is 0 Å². The van der Waals surface area contributed by atoms with Crippen molar-refractivity contribution in [3.8, 4) is 0 Å². The van der Waals surface area contributed by atoms with E-state index in [9.17, 15) is 0 Å². The average molecular weight is 198 g/mol. The van der Waals surface area contributed by atoms with E-state index in [0.29, 0.717) is 0 Å². The first kappa shape index (κ1) is 8.19. The molecule has 0 aliphatic heterocycles. The van der Waals surface area contributed by atoms with E-state index in [-0.39, 0.29) is 6.04 Å². The van der Waals surface area contributed by atoms with Crippen LogP contribution in [0.5, 0.6) is 0 Å². The predicted molar refractivity (Wildman–Crippen MR) is 55.4 cm³/mol. The van der Waals surface area contributed by atoms with Gasteiger partial charge in [-0.15, -0.1) is 22.7 Å². The molecule has 0 saturated carbocycles. The van der Waals surface area contributed by atoms with Gasteiger partial charge in [0.25, 0.3) is 0 Å². The lowest BCUT2D eigenvalue weighted by molar-refractivity contribution is 0.612. The smallest absolute Gasteiger partial charge is 0.0525 e. The van der Waals surface area contributed by atoms with E-state index < -0.39 is 0 Å². The Balaban J connectivity index is 2.44. The molecule has 0 radical (unpaired) electrons. The molecule has 0 saturated heterocycles. The third-order valence-corrected chi connectivity index (χ3v) is 4.11. The molecule has 2 aromatic rings. The van der Waals surface area contributed by atoms with E-state index in [1.165, 1.54) is 14.3 Å². The molecule has 3 N–H and O–H groups in total. The molecule has 0 aliphatic rings. The largest absolute Gasteiger partial charge is 0.271 e. The summed E-state index contributed by atoms with van der Waals surface area (Å²) >= 11 is 3.58. The molecule has 0 aliphatic carbocycles. The number of hydrazine groups is 1. The molecule has 12 heavy (non-hydrogen) atoms.